The fourth-order valence-electron chi connectivity index (χ4n) is 2.83. The molecule has 0 atom stereocenters. The predicted octanol–water partition coefficient (Wildman–Crippen LogP) is 3.06. The van der Waals surface area contributed by atoms with Crippen molar-refractivity contribution in [2.45, 2.75) is 12.8 Å². The molecule has 0 spiro atoms. The molecule has 5 nitrogen and oxygen atoms in total. The fourth-order valence-corrected chi connectivity index (χ4v) is 2.83. The Kier molecular flexibility index (Phi) is 4.89. The number of rotatable bonds is 5. The quantitative estimate of drug-likeness (QED) is 0.847. The van der Waals surface area contributed by atoms with E-state index in [-0.39, 0.29) is 5.91 Å². The van der Waals surface area contributed by atoms with Crippen LogP contribution >= 0.6 is 0 Å². The van der Waals surface area contributed by atoms with Crippen LogP contribution in [0.15, 0.2) is 42.5 Å². The first-order chi connectivity index (χ1) is 11.7. The van der Waals surface area contributed by atoms with Crippen molar-refractivity contribution in [3.05, 3.63) is 48.0 Å². The van der Waals surface area contributed by atoms with Crippen LogP contribution in [-0.2, 0) is 11.2 Å². The van der Waals surface area contributed by atoms with Crippen molar-refractivity contribution in [1.82, 2.24) is 0 Å². The van der Waals surface area contributed by atoms with E-state index in [1.807, 2.05) is 42.5 Å². The van der Waals surface area contributed by atoms with Gasteiger partial charge in [-0.1, -0.05) is 12.1 Å². The zero-order chi connectivity index (χ0) is 16.9. The third kappa shape index (κ3) is 3.45. The monoisotopic (exact) mass is 327 g/mol. The highest BCUT2D eigenvalue weighted by atomic mass is 16.5. The minimum absolute atomic E-state index is 0.0903. The van der Waals surface area contributed by atoms with Gasteiger partial charge in [0.15, 0.2) is 0 Å². The minimum atomic E-state index is 0.0903. The van der Waals surface area contributed by atoms with Gasteiger partial charge in [0.1, 0.15) is 23.9 Å². The second-order valence-electron chi connectivity index (χ2n) is 5.58. The van der Waals surface area contributed by atoms with Crippen molar-refractivity contribution >= 4 is 11.6 Å². The molecule has 0 fully saturated rings. The Morgan fingerprint density at radius 2 is 1.83 bits per heavy atom. The van der Waals surface area contributed by atoms with Gasteiger partial charge in [0.25, 0.3) is 0 Å². The van der Waals surface area contributed by atoms with Gasteiger partial charge in [-0.15, -0.1) is 0 Å². The largest absolute Gasteiger partial charge is 0.497 e. The lowest BCUT2D eigenvalue weighted by Gasteiger charge is -2.29. The van der Waals surface area contributed by atoms with Crippen molar-refractivity contribution in [2.75, 3.05) is 32.3 Å². The Morgan fingerprint density at radius 1 is 1.12 bits per heavy atom. The van der Waals surface area contributed by atoms with E-state index in [1.54, 1.807) is 19.1 Å². The Labute approximate surface area is 141 Å². The highest BCUT2D eigenvalue weighted by Crippen LogP contribution is 2.31. The first kappa shape index (κ1) is 16.2. The lowest BCUT2D eigenvalue weighted by Crippen LogP contribution is -2.38. The van der Waals surface area contributed by atoms with Crippen molar-refractivity contribution < 1.29 is 19.0 Å². The zero-order valence-corrected chi connectivity index (χ0v) is 14.0. The van der Waals surface area contributed by atoms with Gasteiger partial charge in [0.2, 0.25) is 5.91 Å². The van der Waals surface area contributed by atoms with E-state index in [1.165, 1.54) is 0 Å². The van der Waals surface area contributed by atoms with Crippen LogP contribution in [0.2, 0.25) is 0 Å². The Balaban J connectivity index is 1.70. The maximum atomic E-state index is 12.7. The van der Waals surface area contributed by atoms with Crippen molar-refractivity contribution in [1.29, 1.82) is 0 Å². The van der Waals surface area contributed by atoms with Crippen molar-refractivity contribution in [2.24, 2.45) is 0 Å². The molecule has 0 aliphatic carbocycles. The molecule has 5 heteroatoms. The molecule has 1 aliphatic heterocycles. The van der Waals surface area contributed by atoms with E-state index in [4.69, 9.17) is 14.2 Å². The molecule has 1 amide bonds. The van der Waals surface area contributed by atoms with Gasteiger partial charge in [0, 0.05) is 12.5 Å². The lowest BCUT2D eigenvalue weighted by molar-refractivity contribution is -0.118. The van der Waals surface area contributed by atoms with E-state index < -0.39 is 0 Å². The smallest absolute Gasteiger partial charge is 0.227 e. The predicted molar refractivity (Wildman–Crippen MR) is 92.2 cm³/mol. The normalized spacial score (nSPS) is 13.0. The average Bonchev–Trinajstić information content (AvgIpc) is 2.65. The number of hydrogen-bond acceptors (Lipinski definition) is 4. The van der Waals surface area contributed by atoms with Gasteiger partial charge in [-0.25, -0.2) is 0 Å². The first-order valence-corrected chi connectivity index (χ1v) is 7.95. The summed E-state index contributed by atoms with van der Waals surface area (Å²) in [5.74, 6) is 2.31. The third-order valence-corrected chi connectivity index (χ3v) is 4.07. The summed E-state index contributed by atoms with van der Waals surface area (Å²) >= 11 is 0. The van der Waals surface area contributed by atoms with Crippen LogP contribution in [0.3, 0.4) is 0 Å². The van der Waals surface area contributed by atoms with E-state index >= 15 is 0 Å². The van der Waals surface area contributed by atoms with Gasteiger partial charge in [-0.3, -0.25) is 4.79 Å². The molecule has 0 bridgehead atoms. The molecular formula is C19H21NO4. The fraction of sp³-hybridized carbons (Fsp3) is 0.316. The second kappa shape index (κ2) is 7.25. The van der Waals surface area contributed by atoms with Gasteiger partial charge in [-0.2, -0.15) is 0 Å². The van der Waals surface area contributed by atoms with Crippen LogP contribution in [0.4, 0.5) is 5.69 Å². The molecule has 24 heavy (non-hydrogen) atoms. The Bertz CT molecular complexity index is 707. The molecule has 126 valence electrons. The number of benzene rings is 2. The van der Waals surface area contributed by atoms with Gasteiger partial charge < -0.3 is 19.1 Å². The van der Waals surface area contributed by atoms with Gasteiger partial charge in [0.05, 0.1) is 26.5 Å². The molecule has 0 saturated carbocycles. The molecule has 0 unspecified atom stereocenters. The number of para-hydroxylation sites is 2. The van der Waals surface area contributed by atoms with E-state index in [0.717, 1.165) is 28.5 Å². The van der Waals surface area contributed by atoms with Crippen molar-refractivity contribution in [3.63, 3.8) is 0 Å². The Morgan fingerprint density at radius 3 is 2.54 bits per heavy atom. The van der Waals surface area contributed by atoms with E-state index in [2.05, 4.69) is 0 Å². The zero-order valence-electron chi connectivity index (χ0n) is 14.0. The number of carbonyl (C=O) groups excluding carboxylic acids is 1. The molecule has 2 aromatic rings. The summed E-state index contributed by atoms with van der Waals surface area (Å²) in [4.78, 5) is 14.5. The molecule has 0 saturated heterocycles. The van der Waals surface area contributed by atoms with E-state index in [9.17, 15) is 4.79 Å². The van der Waals surface area contributed by atoms with Gasteiger partial charge in [-0.05, 0) is 36.2 Å². The number of amides is 1. The standard InChI is InChI=1S/C19H21NO4/c1-22-15-11-14(12-16(13-15)23-2)7-8-19(21)20-9-10-24-18-6-4-3-5-17(18)20/h3-6,11-13H,7-10H2,1-2H3. The highest BCUT2D eigenvalue weighted by Gasteiger charge is 2.22. The summed E-state index contributed by atoms with van der Waals surface area (Å²) in [5, 5.41) is 0. The topological polar surface area (TPSA) is 48.0 Å². The third-order valence-electron chi connectivity index (χ3n) is 4.07. The SMILES string of the molecule is COc1cc(CCC(=O)N2CCOc3ccccc32)cc(OC)c1. The number of anilines is 1. The van der Waals surface area contributed by atoms with Crippen LogP contribution < -0.4 is 19.1 Å². The maximum Gasteiger partial charge on any atom is 0.227 e. The highest BCUT2D eigenvalue weighted by molar-refractivity contribution is 5.95. The van der Waals surface area contributed by atoms with Crippen molar-refractivity contribution in [3.8, 4) is 17.2 Å². The number of ether oxygens (including phenoxy) is 3. The summed E-state index contributed by atoms with van der Waals surface area (Å²) < 4.78 is 16.2. The van der Waals surface area contributed by atoms with Crippen LogP contribution in [0, 0.1) is 0 Å². The summed E-state index contributed by atoms with van der Waals surface area (Å²) in [6.07, 6.45) is 1.05. The Hall–Kier alpha value is -2.69. The summed E-state index contributed by atoms with van der Waals surface area (Å²) in [5.41, 5.74) is 1.86. The van der Waals surface area contributed by atoms with E-state index in [0.29, 0.717) is 26.0 Å². The molecule has 0 N–H and O–H groups in total. The number of nitrogens with zero attached hydrogens (tertiary/aromatic N) is 1. The molecule has 3 rings (SSSR count). The van der Waals surface area contributed by atoms with Crippen LogP contribution in [0.25, 0.3) is 0 Å². The number of aryl methyl sites for hydroxylation is 1. The van der Waals surface area contributed by atoms with Crippen LogP contribution in [0.5, 0.6) is 17.2 Å². The molecule has 0 radical (unpaired) electrons. The number of methoxy groups -OCH3 is 2. The minimum Gasteiger partial charge on any atom is -0.497 e. The molecule has 2 aromatic carbocycles. The number of carbonyl (C=O) groups is 1. The van der Waals surface area contributed by atoms with Crippen LogP contribution in [0.1, 0.15) is 12.0 Å². The number of hydrogen-bond donors (Lipinski definition) is 0. The summed E-state index contributed by atoms with van der Waals surface area (Å²) in [7, 11) is 3.24. The maximum absolute atomic E-state index is 12.7. The molecular weight excluding hydrogens is 306 g/mol. The van der Waals surface area contributed by atoms with Crippen LogP contribution in [-0.4, -0.2) is 33.3 Å². The lowest BCUT2D eigenvalue weighted by atomic mass is 10.1. The molecule has 0 aromatic heterocycles. The second-order valence-corrected chi connectivity index (χ2v) is 5.58. The molecule has 1 heterocycles. The first-order valence-electron chi connectivity index (χ1n) is 7.95. The number of fused-ring (bicyclic) bond motifs is 1. The summed E-state index contributed by atoms with van der Waals surface area (Å²) in [6, 6.07) is 13.3. The summed E-state index contributed by atoms with van der Waals surface area (Å²) in [6.45, 7) is 1.10. The average molecular weight is 327 g/mol. The van der Waals surface area contributed by atoms with Gasteiger partial charge >= 0.3 is 0 Å². The molecule has 1 aliphatic rings.